The molecule has 1 aliphatic rings. The van der Waals surface area contributed by atoms with E-state index in [-0.39, 0.29) is 0 Å². The molecule has 0 saturated carbocycles. The molecule has 88 valence electrons. The second-order valence-corrected chi connectivity index (χ2v) is 5.31. The molecule has 1 atom stereocenters. The molecule has 4 heteroatoms. The molecule has 1 aromatic carbocycles. The van der Waals surface area contributed by atoms with E-state index >= 15 is 0 Å². The summed E-state index contributed by atoms with van der Waals surface area (Å²) in [7, 11) is 0. The SMILES string of the molecule is Brc1cccc(-c2cn[nH]c2C2CCNC2)c1. The first-order valence-corrected chi connectivity index (χ1v) is 6.64. The maximum Gasteiger partial charge on any atom is 0.0568 e. The van der Waals surface area contributed by atoms with Gasteiger partial charge >= 0.3 is 0 Å². The molecule has 2 N–H and O–H groups in total. The van der Waals surface area contributed by atoms with Gasteiger partial charge in [-0.2, -0.15) is 5.10 Å². The minimum Gasteiger partial charge on any atom is -0.316 e. The first-order valence-electron chi connectivity index (χ1n) is 5.84. The van der Waals surface area contributed by atoms with Crippen LogP contribution in [0, 0.1) is 0 Å². The van der Waals surface area contributed by atoms with Gasteiger partial charge in [0.1, 0.15) is 0 Å². The fraction of sp³-hybridized carbons (Fsp3) is 0.308. The summed E-state index contributed by atoms with van der Waals surface area (Å²) in [4.78, 5) is 0. The van der Waals surface area contributed by atoms with Crippen LogP contribution in [-0.2, 0) is 0 Å². The molecule has 0 spiro atoms. The van der Waals surface area contributed by atoms with Crippen LogP contribution in [0.4, 0.5) is 0 Å². The van der Waals surface area contributed by atoms with Gasteiger partial charge in [-0.15, -0.1) is 0 Å². The van der Waals surface area contributed by atoms with Crippen molar-refractivity contribution in [3.63, 3.8) is 0 Å². The van der Waals surface area contributed by atoms with Crippen molar-refractivity contribution in [2.75, 3.05) is 13.1 Å². The number of aromatic amines is 1. The average Bonchev–Trinajstić information content (AvgIpc) is 3.00. The molecule has 2 aromatic rings. The van der Waals surface area contributed by atoms with E-state index in [4.69, 9.17) is 0 Å². The number of hydrogen-bond acceptors (Lipinski definition) is 2. The summed E-state index contributed by atoms with van der Waals surface area (Å²) < 4.78 is 1.10. The van der Waals surface area contributed by atoms with Crippen LogP contribution in [-0.4, -0.2) is 23.3 Å². The van der Waals surface area contributed by atoms with E-state index in [1.807, 2.05) is 12.3 Å². The van der Waals surface area contributed by atoms with Crippen LogP contribution in [0.2, 0.25) is 0 Å². The lowest BCUT2D eigenvalue weighted by molar-refractivity contribution is 0.730. The molecule has 0 amide bonds. The molecule has 3 nitrogen and oxygen atoms in total. The third-order valence-corrected chi connectivity index (χ3v) is 3.77. The van der Waals surface area contributed by atoms with Crippen LogP contribution in [0.5, 0.6) is 0 Å². The predicted molar refractivity (Wildman–Crippen MR) is 72.0 cm³/mol. The molecule has 0 bridgehead atoms. The number of aromatic nitrogens is 2. The molecule has 1 fully saturated rings. The normalized spacial score (nSPS) is 19.7. The lowest BCUT2D eigenvalue weighted by atomic mass is 9.97. The van der Waals surface area contributed by atoms with Gasteiger partial charge in [0.15, 0.2) is 0 Å². The Kier molecular flexibility index (Phi) is 2.99. The van der Waals surface area contributed by atoms with Gasteiger partial charge in [0, 0.05) is 28.2 Å². The summed E-state index contributed by atoms with van der Waals surface area (Å²) in [6.45, 7) is 2.14. The first kappa shape index (κ1) is 11.0. The highest BCUT2D eigenvalue weighted by atomic mass is 79.9. The van der Waals surface area contributed by atoms with Crippen LogP contribution >= 0.6 is 15.9 Å². The van der Waals surface area contributed by atoms with E-state index < -0.39 is 0 Å². The molecule has 0 radical (unpaired) electrons. The highest BCUT2D eigenvalue weighted by molar-refractivity contribution is 9.10. The van der Waals surface area contributed by atoms with Crippen LogP contribution in [0.3, 0.4) is 0 Å². The van der Waals surface area contributed by atoms with Gasteiger partial charge in [-0.1, -0.05) is 28.1 Å². The van der Waals surface area contributed by atoms with E-state index in [9.17, 15) is 0 Å². The van der Waals surface area contributed by atoms with E-state index in [0.29, 0.717) is 5.92 Å². The minimum absolute atomic E-state index is 0.562. The molecular weight excluding hydrogens is 278 g/mol. The second kappa shape index (κ2) is 4.63. The summed E-state index contributed by atoms with van der Waals surface area (Å²) in [5, 5.41) is 10.8. The van der Waals surface area contributed by atoms with Crippen molar-refractivity contribution in [1.29, 1.82) is 0 Å². The first-order chi connectivity index (χ1) is 8.34. The molecule has 3 rings (SSSR count). The number of nitrogens with one attached hydrogen (secondary N) is 2. The largest absolute Gasteiger partial charge is 0.316 e. The molecule has 0 aliphatic carbocycles. The van der Waals surface area contributed by atoms with Gasteiger partial charge in [0.05, 0.1) is 6.20 Å². The van der Waals surface area contributed by atoms with Crippen LogP contribution in [0.25, 0.3) is 11.1 Å². The Labute approximate surface area is 109 Å². The van der Waals surface area contributed by atoms with Crippen LogP contribution < -0.4 is 5.32 Å². The van der Waals surface area contributed by atoms with Gasteiger partial charge < -0.3 is 5.32 Å². The highest BCUT2D eigenvalue weighted by Gasteiger charge is 2.21. The van der Waals surface area contributed by atoms with Crippen LogP contribution in [0.15, 0.2) is 34.9 Å². The van der Waals surface area contributed by atoms with E-state index in [1.54, 1.807) is 0 Å². The maximum absolute atomic E-state index is 4.20. The fourth-order valence-electron chi connectivity index (χ4n) is 2.39. The molecule has 1 aliphatic heterocycles. The fourth-order valence-corrected chi connectivity index (χ4v) is 2.79. The summed E-state index contributed by atoms with van der Waals surface area (Å²) in [6.07, 6.45) is 3.11. The number of H-pyrrole nitrogens is 1. The van der Waals surface area contributed by atoms with Crippen molar-refractivity contribution in [2.24, 2.45) is 0 Å². The number of hydrogen-bond donors (Lipinski definition) is 2. The van der Waals surface area contributed by atoms with E-state index in [2.05, 4.69) is 49.6 Å². The highest BCUT2D eigenvalue weighted by Crippen LogP contribution is 2.31. The maximum atomic E-state index is 4.20. The van der Waals surface area contributed by atoms with Crippen molar-refractivity contribution >= 4 is 15.9 Å². The topological polar surface area (TPSA) is 40.7 Å². The predicted octanol–water partition coefficient (Wildman–Crippen LogP) is 2.92. The zero-order chi connectivity index (χ0) is 11.7. The van der Waals surface area contributed by atoms with Gasteiger partial charge in [-0.25, -0.2) is 0 Å². The second-order valence-electron chi connectivity index (χ2n) is 4.40. The Hall–Kier alpha value is -1.13. The Morgan fingerprint density at radius 2 is 2.29 bits per heavy atom. The number of halogens is 1. The van der Waals surface area contributed by atoms with E-state index in [0.717, 1.165) is 17.6 Å². The lowest BCUT2D eigenvalue weighted by Crippen LogP contribution is -2.08. The molecule has 17 heavy (non-hydrogen) atoms. The number of benzene rings is 1. The summed E-state index contributed by atoms with van der Waals surface area (Å²) in [6, 6.07) is 8.36. The zero-order valence-corrected chi connectivity index (χ0v) is 11.0. The smallest absolute Gasteiger partial charge is 0.0568 e. The van der Waals surface area contributed by atoms with Crippen molar-refractivity contribution < 1.29 is 0 Å². The molecular formula is C13H14BrN3. The van der Waals surface area contributed by atoms with Gasteiger partial charge in [-0.3, -0.25) is 5.10 Å². The summed E-state index contributed by atoms with van der Waals surface area (Å²) in [5.41, 5.74) is 3.70. The Balaban J connectivity index is 2.00. The Morgan fingerprint density at radius 3 is 3.06 bits per heavy atom. The van der Waals surface area contributed by atoms with Crippen molar-refractivity contribution in [2.45, 2.75) is 12.3 Å². The Morgan fingerprint density at radius 1 is 1.35 bits per heavy atom. The van der Waals surface area contributed by atoms with Crippen molar-refractivity contribution in [1.82, 2.24) is 15.5 Å². The van der Waals surface area contributed by atoms with E-state index in [1.165, 1.54) is 23.2 Å². The van der Waals surface area contributed by atoms with Gasteiger partial charge in [0.25, 0.3) is 0 Å². The molecule has 1 aromatic heterocycles. The standard InChI is InChI=1S/C13H14BrN3/c14-11-3-1-2-9(6-11)12-8-16-17-13(12)10-4-5-15-7-10/h1-3,6,8,10,15H,4-5,7H2,(H,16,17). The zero-order valence-electron chi connectivity index (χ0n) is 9.41. The summed E-state index contributed by atoms with van der Waals surface area (Å²) >= 11 is 3.51. The van der Waals surface area contributed by atoms with Crippen molar-refractivity contribution in [3.05, 3.63) is 40.6 Å². The van der Waals surface area contributed by atoms with Gasteiger partial charge in [0.2, 0.25) is 0 Å². The van der Waals surface area contributed by atoms with Gasteiger partial charge in [-0.05, 0) is 30.7 Å². The summed E-state index contributed by atoms with van der Waals surface area (Å²) in [5.74, 6) is 0.562. The molecule has 1 saturated heterocycles. The van der Waals surface area contributed by atoms with Crippen LogP contribution in [0.1, 0.15) is 18.0 Å². The third kappa shape index (κ3) is 2.15. The minimum atomic E-state index is 0.562. The quantitative estimate of drug-likeness (QED) is 0.893. The van der Waals surface area contributed by atoms with Crippen molar-refractivity contribution in [3.8, 4) is 11.1 Å². The molecule has 1 unspecified atom stereocenters. The third-order valence-electron chi connectivity index (χ3n) is 3.27. The number of nitrogens with zero attached hydrogens (tertiary/aromatic N) is 1. The molecule has 2 heterocycles. The lowest BCUT2D eigenvalue weighted by Gasteiger charge is -2.09. The monoisotopic (exact) mass is 291 g/mol. The Bertz CT molecular complexity index is 515. The number of rotatable bonds is 2. The average molecular weight is 292 g/mol.